The molecule has 0 aliphatic carbocycles. The van der Waals surface area contributed by atoms with E-state index in [0.717, 1.165) is 27.7 Å². The van der Waals surface area contributed by atoms with Crippen LogP contribution in [0.25, 0.3) is 22.0 Å². The molecule has 1 aliphatic heterocycles. The number of aromatic nitrogens is 6. The van der Waals surface area contributed by atoms with Gasteiger partial charge in [0.15, 0.2) is 5.69 Å². The SMILES string of the molecule is CCc1cc2c(N3CCc4c(cc(Cn5ccnc5)cc4-c4cn(C)nc4C(F)(F)F)C3=O)cncc2nc1C. The average Bonchev–Trinajstić information content (AvgIpc) is 3.57. The van der Waals surface area contributed by atoms with Crippen molar-refractivity contribution < 1.29 is 18.0 Å². The molecule has 4 aromatic heterocycles. The fourth-order valence-corrected chi connectivity index (χ4v) is 5.50. The zero-order chi connectivity index (χ0) is 28.2. The average molecular weight is 546 g/mol. The van der Waals surface area contributed by atoms with E-state index in [1.165, 1.54) is 13.2 Å². The lowest BCUT2D eigenvalue weighted by molar-refractivity contribution is -0.140. The Hall–Kier alpha value is -4.54. The normalized spacial score (nSPS) is 13.8. The van der Waals surface area contributed by atoms with Crippen LogP contribution in [0.15, 0.2) is 55.5 Å². The first-order valence-electron chi connectivity index (χ1n) is 12.9. The Kier molecular flexibility index (Phi) is 6.16. The van der Waals surface area contributed by atoms with Crippen molar-refractivity contribution in [3.63, 3.8) is 0 Å². The number of rotatable bonds is 5. The van der Waals surface area contributed by atoms with Gasteiger partial charge in [-0.25, -0.2) is 4.98 Å². The van der Waals surface area contributed by atoms with E-state index in [1.54, 1.807) is 52.7 Å². The smallest absolute Gasteiger partial charge is 0.333 e. The van der Waals surface area contributed by atoms with Crippen molar-refractivity contribution in [3.05, 3.63) is 89.2 Å². The molecule has 1 aromatic carbocycles. The maximum absolute atomic E-state index is 14.1. The molecule has 0 N–H and O–H groups in total. The van der Waals surface area contributed by atoms with Gasteiger partial charge < -0.3 is 9.47 Å². The number of carbonyl (C=O) groups excluding carboxylic acids is 1. The minimum atomic E-state index is -4.65. The van der Waals surface area contributed by atoms with E-state index in [1.807, 2.05) is 13.0 Å². The van der Waals surface area contributed by atoms with E-state index in [-0.39, 0.29) is 18.0 Å². The van der Waals surface area contributed by atoms with Crippen molar-refractivity contribution in [1.82, 2.24) is 29.3 Å². The quantitative estimate of drug-likeness (QED) is 0.297. The molecule has 0 unspecified atom stereocenters. The van der Waals surface area contributed by atoms with E-state index in [4.69, 9.17) is 4.98 Å². The van der Waals surface area contributed by atoms with Gasteiger partial charge in [0.05, 0.1) is 29.9 Å². The Balaban J connectivity index is 1.52. The van der Waals surface area contributed by atoms with Crippen LogP contribution in [0, 0.1) is 6.92 Å². The number of carbonyl (C=O) groups is 1. The minimum Gasteiger partial charge on any atom is -0.333 e. The molecule has 6 rings (SSSR count). The Bertz CT molecular complexity index is 1760. The number of imidazole rings is 1. The molecule has 1 aliphatic rings. The maximum atomic E-state index is 14.1. The highest BCUT2D eigenvalue weighted by Gasteiger charge is 2.39. The molecule has 8 nitrogen and oxygen atoms in total. The molecule has 1 amide bonds. The molecule has 0 radical (unpaired) electrons. The summed E-state index contributed by atoms with van der Waals surface area (Å²) in [6.45, 7) is 4.63. The van der Waals surface area contributed by atoms with E-state index >= 15 is 0 Å². The molecule has 0 spiro atoms. The van der Waals surface area contributed by atoms with Crippen LogP contribution in [0.3, 0.4) is 0 Å². The van der Waals surface area contributed by atoms with Gasteiger partial charge in [-0.3, -0.25) is 19.4 Å². The van der Waals surface area contributed by atoms with E-state index < -0.39 is 11.9 Å². The van der Waals surface area contributed by atoms with Gasteiger partial charge in [-0.15, -0.1) is 0 Å². The fourth-order valence-electron chi connectivity index (χ4n) is 5.50. The van der Waals surface area contributed by atoms with Gasteiger partial charge in [0, 0.05) is 60.9 Å². The summed E-state index contributed by atoms with van der Waals surface area (Å²) >= 11 is 0. The zero-order valence-electron chi connectivity index (χ0n) is 22.2. The molecule has 40 heavy (non-hydrogen) atoms. The van der Waals surface area contributed by atoms with Crippen molar-refractivity contribution >= 4 is 22.5 Å². The Morgan fingerprint density at radius 3 is 2.58 bits per heavy atom. The summed E-state index contributed by atoms with van der Waals surface area (Å²) in [4.78, 5) is 28.9. The summed E-state index contributed by atoms with van der Waals surface area (Å²) in [5.41, 5.74) is 4.27. The Morgan fingerprint density at radius 1 is 1.05 bits per heavy atom. The number of nitrogens with zero attached hydrogens (tertiary/aromatic N) is 7. The predicted molar refractivity (Wildman–Crippen MR) is 144 cm³/mol. The summed E-state index contributed by atoms with van der Waals surface area (Å²) in [5.74, 6) is -0.291. The van der Waals surface area contributed by atoms with E-state index in [9.17, 15) is 18.0 Å². The second kappa shape index (κ2) is 9.58. The third-order valence-corrected chi connectivity index (χ3v) is 7.37. The van der Waals surface area contributed by atoms with Crippen LogP contribution in [-0.2, 0) is 32.6 Å². The first kappa shape index (κ1) is 25.7. The van der Waals surface area contributed by atoms with Crippen molar-refractivity contribution in [1.29, 1.82) is 0 Å². The van der Waals surface area contributed by atoms with Crippen molar-refractivity contribution in [2.75, 3.05) is 11.4 Å². The second-order valence-corrected chi connectivity index (χ2v) is 9.99. The first-order valence-corrected chi connectivity index (χ1v) is 12.9. The third-order valence-electron chi connectivity index (χ3n) is 7.37. The fraction of sp³-hybridized carbons (Fsp3) is 0.276. The van der Waals surface area contributed by atoms with Gasteiger partial charge in [-0.2, -0.15) is 18.3 Å². The first-order chi connectivity index (χ1) is 19.1. The molecule has 0 saturated carbocycles. The van der Waals surface area contributed by atoms with Crippen LogP contribution >= 0.6 is 0 Å². The summed E-state index contributed by atoms with van der Waals surface area (Å²) in [7, 11) is 1.46. The molecule has 5 heterocycles. The molecule has 204 valence electrons. The number of pyridine rings is 2. The number of anilines is 1. The molecular weight excluding hydrogens is 519 g/mol. The van der Waals surface area contributed by atoms with Crippen LogP contribution in [0.4, 0.5) is 18.9 Å². The third kappa shape index (κ3) is 4.41. The van der Waals surface area contributed by atoms with Gasteiger partial charge in [0.2, 0.25) is 0 Å². The van der Waals surface area contributed by atoms with Crippen molar-refractivity contribution in [3.8, 4) is 11.1 Å². The topological polar surface area (TPSA) is 81.7 Å². The monoisotopic (exact) mass is 545 g/mol. The van der Waals surface area contributed by atoms with Gasteiger partial charge >= 0.3 is 6.18 Å². The number of hydrogen-bond acceptors (Lipinski definition) is 5. The largest absolute Gasteiger partial charge is 0.435 e. The van der Waals surface area contributed by atoms with Crippen LogP contribution in [0.1, 0.15) is 45.4 Å². The zero-order valence-corrected chi connectivity index (χ0v) is 22.2. The van der Waals surface area contributed by atoms with Crippen LogP contribution in [0.5, 0.6) is 0 Å². The molecular formula is C29H26F3N7O. The molecule has 0 saturated heterocycles. The summed E-state index contributed by atoms with van der Waals surface area (Å²) in [5, 5.41) is 4.53. The second-order valence-electron chi connectivity index (χ2n) is 9.99. The number of amides is 1. The van der Waals surface area contributed by atoms with Gasteiger partial charge in [0.25, 0.3) is 5.91 Å². The van der Waals surface area contributed by atoms with Crippen LogP contribution in [0.2, 0.25) is 0 Å². The molecule has 5 aromatic rings. The Labute approximate surface area is 228 Å². The number of fused-ring (bicyclic) bond motifs is 2. The lowest BCUT2D eigenvalue weighted by Gasteiger charge is -2.31. The number of alkyl halides is 3. The van der Waals surface area contributed by atoms with Gasteiger partial charge in [-0.1, -0.05) is 6.92 Å². The van der Waals surface area contributed by atoms with Crippen molar-refractivity contribution in [2.45, 2.75) is 39.4 Å². The highest BCUT2D eigenvalue weighted by atomic mass is 19.4. The molecule has 11 heteroatoms. The summed E-state index contributed by atoms with van der Waals surface area (Å²) in [6, 6.07) is 5.55. The van der Waals surface area contributed by atoms with Crippen molar-refractivity contribution in [2.24, 2.45) is 7.05 Å². The lowest BCUT2D eigenvalue weighted by atomic mass is 9.88. The maximum Gasteiger partial charge on any atom is 0.435 e. The molecule has 0 atom stereocenters. The number of hydrogen-bond donors (Lipinski definition) is 0. The molecule has 0 fully saturated rings. The summed E-state index contributed by atoms with van der Waals surface area (Å²) in [6.07, 6.45) is 6.22. The standard InChI is InChI=1S/C29H26F3N7O/c1-4-19-11-23-25(35-17(19)2)12-34-13-26(23)39-7-5-20-21(24-15-37(3)36-27(24)29(30,31)32)9-18(10-22(20)28(39)40)14-38-8-6-33-16-38/h6,8-13,15-16H,4-5,7,14H2,1-3H3. The van der Waals surface area contributed by atoms with Crippen LogP contribution in [-0.4, -0.2) is 41.8 Å². The number of aryl methyl sites for hydroxylation is 3. The molecule has 0 bridgehead atoms. The number of halogens is 3. The minimum absolute atomic E-state index is 0.0425. The lowest BCUT2D eigenvalue weighted by Crippen LogP contribution is -2.38. The number of benzene rings is 1. The van der Waals surface area contributed by atoms with E-state index in [0.29, 0.717) is 46.4 Å². The Morgan fingerprint density at radius 2 is 1.85 bits per heavy atom. The highest BCUT2D eigenvalue weighted by molar-refractivity contribution is 6.12. The van der Waals surface area contributed by atoms with Gasteiger partial charge in [0.1, 0.15) is 0 Å². The predicted octanol–water partition coefficient (Wildman–Crippen LogP) is 5.37. The highest BCUT2D eigenvalue weighted by Crippen LogP contribution is 2.41. The van der Waals surface area contributed by atoms with Crippen LogP contribution < -0.4 is 4.90 Å². The van der Waals surface area contributed by atoms with Gasteiger partial charge in [-0.05, 0) is 60.2 Å². The van der Waals surface area contributed by atoms with E-state index in [2.05, 4.69) is 22.0 Å². The summed E-state index contributed by atoms with van der Waals surface area (Å²) < 4.78 is 45.0.